The second-order valence-electron chi connectivity index (χ2n) is 20.8. The first-order valence-electron chi connectivity index (χ1n) is 30.5. The smallest absolute Gasteiger partial charge is 0.220 e. The van der Waals surface area contributed by atoms with Crippen LogP contribution in [0.25, 0.3) is 0 Å². The van der Waals surface area contributed by atoms with E-state index in [9.17, 15) is 30.3 Å². The highest BCUT2D eigenvalue weighted by Gasteiger charge is 2.44. The standard InChI is InChI=1S/C65H113NO8/c1-3-5-7-9-11-13-15-17-19-21-23-25-26-27-28-29-30-31-32-33-35-36-38-40-42-44-46-48-50-52-54-59(68)58(57-73-65-64(72)63(71)62(70)60(56-67)74-65)66-61(69)55-53-51-49-47-45-43-41-39-37-34-24-22-20-18-16-14-12-10-8-6-4-2/h6,8,12,14,18,20,24,34,39,41,44-47,52,54,58-60,62-65,67-68,70-72H,3-5,7,9-11,13,15-17,19,21-23,25-33,35-38,40,42-43,48-51,53,55-57H2,1-2H3,(H,66,69)/b8-6-,14-12-,20-18-,34-24-,41-39-,46-44+,47-45-,54-52+. The average Bonchev–Trinajstić information content (AvgIpc) is 3.40. The minimum atomic E-state index is -1.59. The molecule has 0 saturated carbocycles. The van der Waals surface area contributed by atoms with E-state index >= 15 is 0 Å². The SMILES string of the molecule is CC/C=C\C/C=C\C/C=C\C/C=C\C/C=C\C/C=C\CCCCC(=O)NC(COC1OC(CO)C(O)C(O)C1O)C(O)/C=C/CC/C=C/CCCCCCCCCCCCCCCCCCCCCCCCCC. The molecule has 0 aromatic carbocycles. The van der Waals surface area contributed by atoms with Gasteiger partial charge in [-0.1, -0.05) is 259 Å². The van der Waals surface area contributed by atoms with Crippen molar-refractivity contribution in [3.63, 3.8) is 0 Å². The quantitative estimate of drug-likeness (QED) is 0.0261. The molecular formula is C65H113NO8. The van der Waals surface area contributed by atoms with Crippen molar-refractivity contribution in [2.45, 2.75) is 294 Å². The summed E-state index contributed by atoms with van der Waals surface area (Å²) < 4.78 is 11.2. The molecule has 7 atom stereocenters. The molecule has 0 aromatic rings. The predicted octanol–water partition coefficient (Wildman–Crippen LogP) is 15.6. The van der Waals surface area contributed by atoms with Crippen LogP contribution in [0.15, 0.2) is 97.2 Å². The largest absolute Gasteiger partial charge is 0.394 e. The third-order valence-corrected chi connectivity index (χ3v) is 13.9. The summed E-state index contributed by atoms with van der Waals surface area (Å²) in [5.41, 5.74) is 0. The Hall–Kier alpha value is -2.89. The van der Waals surface area contributed by atoms with Crippen LogP contribution < -0.4 is 5.32 Å². The lowest BCUT2D eigenvalue weighted by Gasteiger charge is -2.40. The Morgan fingerprint density at radius 2 is 0.851 bits per heavy atom. The number of hydrogen-bond donors (Lipinski definition) is 6. The van der Waals surface area contributed by atoms with Gasteiger partial charge in [-0.3, -0.25) is 4.79 Å². The zero-order valence-corrected chi connectivity index (χ0v) is 47.3. The minimum Gasteiger partial charge on any atom is -0.394 e. The highest BCUT2D eigenvalue weighted by atomic mass is 16.7. The lowest BCUT2D eigenvalue weighted by molar-refractivity contribution is -0.302. The highest BCUT2D eigenvalue weighted by Crippen LogP contribution is 2.23. The summed E-state index contributed by atoms with van der Waals surface area (Å²) >= 11 is 0. The van der Waals surface area contributed by atoms with E-state index < -0.39 is 49.5 Å². The lowest BCUT2D eigenvalue weighted by Crippen LogP contribution is -2.60. The Kier molecular flexibility index (Phi) is 50.0. The molecule has 1 saturated heterocycles. The number of ether oxygens (including phenoxy) is 2. The van der Waals surface area contributed by atoms with Gasteiger partial charge in [0, 0.05) is 6.42 Å². The molecule has 9 nitrogen and oxygen atoms in total. The van der Waals surface area contributed by atoms with Crippen molar-refractivity contribution in [3.05, 3.63) is 97.2 Å². The number of rotatable bonds is 51. The van der Waals surface area contributed by atoms with Crippen molar-refractivity contribution in [2.75, 3.05) is 13.2 Å². The molecule has 1 rings (SSSR count). The van der Waals surface area contributed by atoms with Crippen molar-refractivity contribution in [3.8, 4) is 0 Å². The summed E-state index contributed by atoms with van der Waals surface area (Å²) in [5.74, 6) is -0.230. The maximum atomic E-state index is 13.0. The minimum absolute atomic E-state index is 0.224. The Labute approximate surface area is 453 Å². The molecule has 1 aliphatic rings. The maximum Gasteiger partial charge on any atom is 0.220 e. The van der Waals surface area contributed by atoms with E-state index in [-0.39, 0.29) is 18.9 Å². The summed E-state index contributed by atoms with van der Waals surface area (Å²) in [6.07, 6.45) is 70.7. The molecule has 6 N–H and O–H groups in total. The first kappa shape index (κ1) is 69.1. The molecule has 74 heavy (non-hydrogen) atoms. The third-order valence-electron chi connectivity index (χ3n) is 13.9. The predicted molar refractivity (Wildman–Crippen MR) is 313 cm³/mol. The Balaban J connectivity index is 2.25. The molecule has 1 heterocycles. The molecule has 0 bridgehead atoms. The molecule has 1 amide bonds. The highest BCUT2D eigenvalue weighted by molar-refractivity contribution is 5.76. The van der Waals surface area contributed by atoms with E-state index in [1.165, 1.54) is 154 Å². The maximum absolute atomic E-state index is 13.0. The van der Waals surface area contributed by atoms with Crippen molar-refractivity contribution in [1.29, 1.82) is 0 Å². The number of carbonyl (C=O) groups excluding carboxylic acids is 1. The van der Waals surface area contributed by atoms with Crippen molar-refractivity contribution in [1.82, 2.24) is 5.32 Å². The van der Waals surface area contributed by atoms with E-state index in [0.29, 0.717) is 6.42 Å². The summed E-state index contributed by atoms with van der Waals surface area (Å²) in [4.78, 5) is 13.0. The van der Waals surface area contributed by atoms with Crippen molar-refractivity contribution < 1.29 is 39.8 Å². The molecule has 1 fully saturated rings. The van der Waals surface area contributed by atoms with Gasteiger partial charge in [0.05, 0.1) is 25.4 Å². The van der Waals surface area contributed by atoms with Gasteiger partial charge < -0.3 is 40.3 Å². The van der Waals surface area contributed by atoms with Gasteiger partial charge in [-0.2, -0.15) is 0 Å². The topological polar surface area (TPSA) is 149 Å². The zero-order chi connectivity index (χ0) is 53.6. The van der Waals surface area contributed by atoms with Crippen LogP contribution in [0.2, 0.25) is 0 Å². The van der Waals surface area contributed by atoms with Crippen molar-refractivity contribution in [2.24, 2.45) is 0 Å². The second kappa shape index (κ2) is 53.5. The van der Waals surface area contributed by atoms with Gasteiger partial charge in [0.2, 0.25) is 5.91 Å². The van der Waals surface area contributed by atoms with Crippen LogP contribution in [0, 0.1) is 0 Å². The summed E-state index contributed by atoms with van der Waals surface area (Å²) in [6, 6.07) is -0.853. The van der Waals surface area contributed by atoms with Crippen LogP contribution in [0.5, 0.6) is 0 Å². The molecule has 0 spiro atoms. The number of aliphatic hydroxyl groups is 5. The van der Waals surface area contributed by atoms with E-state index in [2.05, 4.69) is 104 Å². The monoisotopic (exact) mass is 1040 g/mol. The Bertz CT molecular complexity index is 1480. The number of carbonyl (C=O) groups is 1. The van der Waals surface area contributed by atoms with Crippen LogP contribution in [0.1, 0.15) is 251 Å². The summed E-state index contributed by atoms with van der Waals surface area (Å²) in [6.45, 7) is 3.63. The fraction of sp³-hybridized carbons (Fsp3) is 0.738. The van der Waals surface area contributed by atoms with Gasteiger partial charge in [-0.25, -0.2) is 0 Å². The van der Waals surface area contributed by atoms with Crippen LogP contribution in [0.4, 0.5) is 0 Å². The first-order valence-corrected chi connectivity index (χ1v) is 30.5. The van der Waals surface area contributed by atoms with Gasteiger partial charge in [0.25, 0.3) is 0 Å². The number of allylic oxidation sites excluding steroid dienone is 15. The summed E-state index contributed by atoms with van der Waals surface area (Å²) in [7, 11) is 0. The third kappa shape index (κ3) is 42.2. The Morgan fingerprint density at radius 1 is 0.473 bits per heavy atom. The van der Waals surface area contributed by atoms with Gasteiger partial charge in [0.1, 0.15) is 24.4 Å². The van der Waals surface area contributed by atoms with E-state index in [0.717, 1.165) is 70.6 Å². The van der Waals surface area contributed by atoms with Gasteiger partial charge >= 0.3 is 0 Å². The molecule has 9 heteroatoms. The van der Waals surface area contributed by atoms with Gasteiger partial charge in [-0.05, 0) is 83.5 Å². The first-order chi connectivity index (χ1) is 36.3. The second-order valence-corrected chi connectivity index (χ2v) is 20.8. The molecular weight excluding hydrogens is 923 g/mol. The molecule has 0 aromatic heterocycles. The van der Waals surface area contributed by atoms with E-state index in [1.807, 2.05) is 6.08 Å². The van der Waals surface area contributed by atoms with Crippen LogP contribution >= 0.6 is 0 Å². The number of hydrogen-bond acceptors (Lipinski definition) is 8. The van der Waals surface area contributed by atoms with Crippen molar-refractivity contribution >= 4 is 5.91 Å². The average molecular weight is 1040 g/mol. The zero-order valence-electron chi connectivity index (χ0n) is 47.3. The van der Waals surface area contributed by atoms with Crippen LogP contribution in [0.3, 0.4) is 0 Å². The van der Waals surface area contributed by atoms with E-state index in [1.54, 1.807) is 6.08 Å². The fourth-order valence-electron chi connectivity index (χ4n) is 9.12. The molecule has 7 unspecified atom stereocenters. The number of unbranched alkanes of at least 4 members (excludes halogenated alkanes) is 27. The van der Waals surface area contributed by atoms with Gasteiger partial charge in [-0.15, -0.1) is 0 Å². The normalized spacial score (nSPS) is 19.7. The summed E-state index contributed by atoms with van der Waals surface area (Å²) in [5, 5.41) is 54.5. The molecule has 426 valence electrons. The number of aliphatic hydroxyl groups excluding tert-OH is 5. The molecule has 0 aliphatic carbocycles. The van der Waals surface area contributed by atoms with Crippen LogP contribution in [-0.2, 0) is 14.3 Å². The number of amides is 1. The molecule has 0 radical (unpaired) electrons. The molecule has 1 aliphatic heterocycles. The lowest BCUT2D eigenvalue weighted by atomic mass is 9.99. The van der Waals surface area contributed by atoms with E-state index in [4.69, 9.17) is 9.47 Å². The Morgan fingerprint density at radius 3 is 1.30 bits per heavy atom. The fourth-order valence-corrected chi connectivity index (χ4v) is 9.12. The van der Waals surface area contributed by atoms with Crippen LogP contribution in [-0.4, -0.2) is 87.5 Å². The number of nitrogens with one attached hydrogen (secondary N) is 1. The van der Waals surface area contributed by atoms with Gasteiger partial charge in [0.15, 0.2) is 6.29 Å².